The molecule has 2 aromatic carbocycles. The number of fused-ring (bicyclic) bond motifs is 2. The first-order valence-electron chi connectivity index (χ1n) is 11.3. The van der Waals surface area contributed by atoms with Crippen LogP contribution in [0.5, 0.6) is 11.5 Å². The number of carbonyl (C=O) groups excluding carboxylic acids is 5. The van der Waals surface area contributed by atoms with E-state index in [-0.39, 0.29) is 39.3 Å². The lowest BCUT2D eigenvalue weighted by molar-refractivity contribution is -0.132. The van der Waals surface area contributed by atoms with Gasteiger partial charge in [-0.3, -0.25) is 24.0 Å². The van der Waals surface area contributed by atoms with Crippen molar-refractivity contribution in [2.75, 3.05) is 0 Å². The Hall–Kier alpha value is -4.34. The second-order valence-corrected chi connectivity index (χ2v) is 8.35. The Morgan fingerprint density at radius 1 is 0.889 bits per heavy atom. The summed E-state index contributed by atoms with van der Waals surface area (Å²) in [5, 5.41) is 12.0. The van der Waals surface area contributed by atoms with E-state index in [0.717, 1.165) is 32.4 Å². The molecule has 0 radical (unpaired) electrons. The molecular weight excluding hydrogens is 470 g/mol. The van der Waals surface area contributed by atoms with Gasteiger partial charge < -0.3 is 19.9 Å². The van der Waals surface area contributed by atoms with E-state index in [0.29, 0.717) is 6.04 Å². The molecule has 2 aliphatic carbocycles. The number of benzene rings is 2. The first-order chi connectivity index (χ1) is 17.1. The van der Waals surface area contributed by atoms with E-state index in [9.17, 15) is 33.9 Å². The van der Waals surface area contributed by atoms with Gasteiger partial charge in [0.25, 0.3) is 0 Å². The molecule has 0 aromatic heterocycles. The van der Waals surface area contributed by atoms with Crippen molar-refractivity contribution in [3.63, 3.8) is 0 Å². The lowest BCUT2D eigenvalue weighted by Gasteiger charge is -2.21. The largest absolute Gasteiger partial charge is 0.478 e. The van der Waals surface area contributed by atoms with E-state index in [4.69, 9.17) is 9.47 Å². The first kappa shape index (κ1) is 26.3. The molecule has 0 spiro atoms. The van der Waals surface area contributed by atoms with Crippen LogP contribution >= 0.6 is 0 Å². The highest BCUT2D eigenvalue weighted by molar-refractivity contribution is 6.30. The normalized spacial score (nSPS) is 14.4. The number of aromatic carboxylic acids is 1. The lowest BCUT2D eigenvalue weighted by Crippen LogP contribution is -2.29. The minimum absolute atomic E-state index is 0.0393. The standard InChI is InChI=1S/C19H12O8.C7H13NO/c1-8(20)26-13-5-3-4-11-15(13)18(23)16-12(17(11)22)6-10(19(24)25)7-14(16)27-9(2)21;9-6-8-7-4-2-1-3-5-7/h3-7H,1-2H3,(H,24,25);6-7H,1-5H2,(H,8,9). The van der Waals surface area contributed by atoms with Crippen LogP contribution in [0.25, 0.3) is 0 Å². The molecule has 10 heteroatoms. The van der Waals surface area contributed by atoms with Crippen molar-refractivity contribution < 1.29 is 43.3 Å². The highest BCUT2D eigenvalue weighted by atomic mass is 16.5. The molecule has 0 aliphatic heterocycles. The SMILES string of the molecule is CC(=O)Oc1cccc2c1C(=O)c1c(OC(C)=O)cc(C(=O)O)cc1C2=O.O=CNC1CCCCC1. The monoisotopic (exact) mass is 495 g/mol. The highest BCUT2D eigenvalue weighted by Gasteiger charge is 2.36. The Kier molecular flexibility index (Phi) is 8.31. The molecule has 2 N–H and O–H groups in total. The number of amides is 1. The second kappa shape index (κ2) is 11.4. The molecule has 1 amide bonds. The van der Waals surface area contributed by atoms with E-state index in [1.165, 1.54) is 50.3 Å². The zero-order chi connectivity index (χ0) is 26.4. The summed E-state index contributed by atoms with van der Waals surface area (Å²) >= 11 is 0. The van der Waals surface area contributed by atoms with E-state index in [1.807, 2.05) is 0 Å². The fraction of sp³-hybridized carbons (Fsp3) is 0.308. The average Bonchev–Trinajstić information content (AvgIpc) is 2.82. The zero-order valence-electron chi connectivity index (χ0n) is 19.8. The molecule has 36 heavy (non-hydrogen) atoms. The summed E-state index contributed by atoms with van der Waals surface area (Å²) in [6.07, 6.45) is 7.08. The molecule has 188 valence electrons. The van der Waals surface area contributed by atoms with Crippen molar-refractivity contribution in [1.29, 1.82) is 0 Å². The van der Waals surface area contributed by atoms with Gasteiger partial charge in [0.15, 0.2) is 5.78 Å². The van der Waals surface area contributed by atoms with Gasteiger partial charge >= 0.3 is 17.9 Å². The molecule has 4 rings (SSSR count). The maximum atomic E-state index is 13.1. The Balaban J connectivity index is 0.000000338. The molecule has 2 aromatic rings. The highest BCUT2D eigenvalue weighted by Crippen LogP contribution is 2.38. The van der Waals surface area contributed by atoms with Crippen molar-refractivity contribution >= 4 is 35.9 Å². The van der Waals surface area contributed by atoms with Crippen LogP contribution in [0, 0.1) is 0 Å². The summed E-state index contributed by atoms with van der Waals surface area (Å²) in [7, 11) is 0. The third-order valence-electron chi connectivity index (χ3n) is 5.74. The number of hydrogen-bond donors (Lipinski definition) is 2. The van der Waals surface area contributed by atoms with Crippen LogP contribution in [0.15, 0.2) is 30.3 Å². The number of esters is 2. The second-order valence-electron chi connectivity index (χ2n) is 8.35. The van der Waals surface area contributed by atoms with Gasteiger partial charge in [-0.15, -0.1) is 0 Å². The van der Waals surface area contributed by atoms with Crippen LogP contribution in [0.1, 0.15) is 88.2 Å². The van der Waals surface area contributed by atoms with Crippen LogP contribution in [0.2, 0.25) is 0 Å². The molecule has 0 atom stereocenters. The molecule has 10 nitrogen and oxygen atoms in total. The van der Waals surface area contributed by atoms with E-state index >= 15 is 0 Å². The molecule has 0 unspecified atom stereocenters. The molecule has 1 fully saturated rings. The van der Waals surface area contributed by atoms with Crippen LogP contribution < -0.4 is 14.8 Å². The number of carboxylic acids is 1. The van der Waals surface area contributed by atoms with Crippen molar-refractivity contribution in [2.45, 2.75) is 52.0 Å². The molecule has 2 aliphatic rings. The summed E-state index contributed by atoms with van der Waals surface area (Å²) < 4.78 is 9.99. The van der Waals surface area contributed by atoms with Crippen molar-refractivity contribution in [1.82, 2.24) is 5.32 Å². The number of carboxylic acid groups (broad SMARTS) is 1. The van der Waals surface area contributed by atoms with Crippen LogP contribution in [0.3, 0.4) is 0 Å². The third kappa shape index (κ3) is 5.83. The fourth-order valence-corrected chi connectivity index (χ4v) is 4.22. The Morgan fingerprint density at radius 2 is 1.50 bits per heavy atom. The van der Waals surface area contributed by atoms with Gasteiger partial charge in [0.05, 0.1) is 16.7 Å². The van der Waals surface area contributed by atoms with Crippen LogP contribution in [-0.4, -0.2) is 47.0 Å². The molecule has 1 saturated carbocycles. The topological polar surface area (TPSA) is 153 Å². The van der Waals surface area contributed by atoms with Crippen molar-refractivity contribution in [2.24, 2.45) is 0 Å². The minimum atomic E-state index is -1.36. The van der Waals surface area contributed by atoms with Crippen molar-refractivity contribution in [3.05, 3.63) is 58.1 Å². The van der Waals surface area contributed by atoms with Gasteiger partial charge in [0.2, 0.25) is 12.2 Å². The summed E-state index contributed by atoms with van der Waals surface area (Å²) in [6, 6.07) is 6.68. The van der Waals surface area contributed by atoms with Gasteiger partial charge in [-0.25, -0.2) is 4.79 Å². The predicted molar refractivity (Wildman–Crippen MR) is 125 cm³/mol. The van der Waals surface area contributed by atoms with E-state index in [1.54, 1.807) is 0 Å². The van der Waals surface area contributed by atoms with Gasteiger partial charge in [-0.2, -0.15) is 0 Å². The minimum Gasteiger partial charge on any atom is -0.478 e. The van der Waals surface area contributed by atoms with Crippen LogP contribution in [0.4, 0.5) is 0 Å². The first-order valence-corrected chi connectivity index (χ1v) is 11.3. The maximum absolute atomic E-state index is 13.1. The zero-order valence-corrected chi connectivity index (χ0v) is 19.8. The number of ether oxygens (including phenoxy) is 2. The molecule has 0 bridgehead atoms. The maximum Gasteiger partial charge on any atom is 0.335 e. The third-order valence-corrected chi connectivity index (χ3v) is 5.74. The number of nitrogens with one attached hydrogen (secondary N) is 1. The lowest BCUT2D eigenvalue weighted by atomic mass is 9.82. The summed E-state index contributed by atoms with van der Waals surface area (Å²) in [5.74, 6) is -4.66. The van der Waals surface area contributed by atoms with Gasteiger partial charge in [0, 0.05) is 31.0 Å². The van der Waals surface area contributed by atoms with Crippen LogP contribution in [-0.2, 0) is 14.4 Å². The Morgan fingerprint density at radius 3 is 2.08 bits per heavy atom. The molecular formula is C26H25NO9. The Bertz CT molecular complexity index is 1240. The average molecular weight is 495 g/mol. The fourth-order valence-electron chi connectivity index (χ4n) is 4.22. The number of carbonyl (C=O) groups is 6. The number of rotatable bonds is 5. The summed E-state index contributed by atoms with van der Waals surface area (Å²) in [4.78, 5) is 69.9. The Labute approximate surface area is 206 Å². The number of ketones is 2. The molecule has 0 heterocycles. The molecule has 0 saturated heterocycles. The number of hydrogen-bond acceptors (Lipinski definition) is 8. The summed E-state index contributed by atoms with van der Waals surface area (Å²) in [5.41, 5.74) is -0.967. The predicted octanol–water partition coefficient (Wildman–Crippen LogP) is 3.08. The summed E-state index contributed by atoms with van der Waals surface area (Å²) in [6.45, 7) is 2.22. The van der Waals surface area contributed by atoms with Gasteiger partial charge in [0.1, 0.15) is 11.5 Å². The van der Waals surface area contributed by atoms with E-state index in [2.05, 4.69) is 5.32 Å². The van der Waals surface area contributed by atoms with E-state index < -0.39 is 29.5 Å². The quantitative estimate of drug-likeness (QED) is 0.309. The van der Waals surface area contributed by atoms with Gasteiger partial charge in [-0.05, 0) is 31.0 Å². The van der Waals surface area contributed by atoms with Gasteiger partial charge in [-0.1, -0.05) is 31.4 Å². The smallest absolute Gasteiger partial charge is 0.335 e. The van der Waals surface area contributed by atoms with Crippen molar-refractivity contribution in [3.8, 4) is 11.5 Å².